The number of aliphatic carboxylic acids is 1. The SMILES string of the molecule is CC(C)CC(NC(=O)C1CCS(=O)(=O)CC1)C(=O)O. The normalized spacial score (nSPS) is 21.0. The fraction of sp³-hybridized carbons (Fsp3) is 0.833. The van der Waals surface area contributed by atoms with Gasteiger partial charge >= 0.3 is 5.97 Å². The summed E-state index contributed by atoms with van der Waals surface area (Å²) >= 11 is 0. The quantitative estimate of drug-likeness (QED) is 0.765. The van der Waals surface area contributed by atoms with Crippen molar-refractivity contribution < 1.29 is 23.1 Å². The van der Waals surface area contributed by atoms with Crippen LogP contribution in [0.25, 0.3) is 0 Å². The highest BCUT2D eigenvalue weighted by molar-refractivity contribution is 7.91. The summed E-state index contributed by atoms with van der Waals surface area (Å²) in [4.78, 5) is 23.0. The first kappa shape index (κ1) is 15.9. The topological polar surface area (TPSA) is 101 Å². The zero-order chi connectivity index (χ0) is 14.6. The van der Waals surface area contributed by atoms with Gasteiger partial charge in [-0.3, -0.25) is 4.79 Å². The van der Waals surface area contributed by atoms with E-state index < -0.39 is 27.8 Å². The summed E-state index contributed by atoms with van der Waals surface area (Å²) in [5.74, 6) is -1.61. The molecule has 110 valence electrons. The van der Waals surface area contributed by atoms with E-state index in [1.165, 1.54) is 0 Å². The summed E-state index contributed by atoms with van der Waals surface area (Å²) in [6.45, 7) is 3.77. The first-order valence-corrected chi connectivity index (χ1v) is 8.27. The van der Waals surface area contributed by atoms with E-state index in [0.717, 1.165) is 0 Å². The summed E-state index contributed by atoms with van der Waals surface area (Å²) in [7, 11) is -3.01. The highest BCUT2D eigenvalue weighted by Crippen LogP contribution is 2.19. The molecule has 7 heteroatoms. The second-order valence-electron chi connectivity index (χ2n) is 5.46. The smallest absolute Gasteiger partial charge is 0.326 e. The number of carboxylic acids is 1. The second kappa shape index (κ2) is 6.36. The molecule has 1 heterocycles. The first-order chi connectivity index (χ1) is 8.71. The molecule has 0 bridgehead atoms. The Hall–Kier alpha value is -1.11. The fourth-order valence-electron chi connectivity index (χ4n) is 2.13. The Kier molecular flexibility index (Phi) is 5.34. The van der Waals surface area contributed by atoms with Crippen LogP contribution < -0.4 is 5.32 Å². The number of amides is 1. The zero-order valence-electron chi connectivity index (χ0n) is 11.3. The molecule has 1 unspecified atom stereocenters. The van der Waals surface area contributed by atoms with Crippen molar-refractivity contribution in [1.82, 2.24) is 5.32 Å². The van der Waals surface area contributed by atoms with Crippen molar-refractivity contribution in [2.45, 2.75) is 39.2 Å². The number of carbonyl (C=O) groups is 2. The number of sulfone groups is 1. The van der Waals surface area contributed by atoms with Gasteiger partial charge < -0.3 is 10.4 Å². The Balaban J connectivity index is 2.56. The van der Waals surface area contributed by atoms with Crippen LogP contribution in [0.3, 0.4) is 0 Å². The van der Waals surface area contributed by atoms with Crippen molar-refractivity contribution in [3.63, 3.8) is 0 Å². The highest BCUT2D eigenvalue weighted by atomic mass is 32.2. The van der Waals surface area contributed by atoms with Crippen molar-refractivity contribution in [1.29, 1.82) is 0 Å². The lowest BCUT2D eigenvalue weighted by atomic mass is 9.99. The molecular weight excluding hydrogens is 270 g/mol. The molecule has 1 saturated heterocycles. The maximum atomic E-state index is 11.9. The zero-order valence-corrected chi connectivity index (χ0v) is 12.1. The summed E-state index contributed by atoms with van der Waals surface area (Å²) in [5, 5.41) is 11.6. The Labute approximate surface area is 113 Å². The third-order valence-electron chi connectivity index (χ3n) is 3.25. The van der Waals surface area contributed by atoms with Gasteiger partial charge in [-0.05, 0) is 25.2 Å². The molecule has 0 aromatic heterocycles. The number of hydrogen-bond acceptors (Lipinski definition) is 4. The lowest BCUT2D eigenvalue weighted by Gasteiger charge is -2.24. The predicted octanol–water partition coefficient (Wildman–Crippen LogP) is 0.427. The molecule has 2 N–H and O–H groups in total. The molecule has 1 rings (SSSR count). The molecule has 1 amide bonds. The van der Waals surface area contributed by atoms with E-state index in [1.807, 2.05) is 13.8 Å². The Morgan fingerprint density at radius 2 is 1.79 bits per heavy atom. The minimum absolute atomic E-state index is 0.00695. The molecule has 0 aromatic carbocycles. The van der Waals surface area contributed by atoms with Crippen LogP contribution in [0, 0.1) is 11.8 Å². The van der Waals surface area contributed by atoms with Crippen molar-refractivity contribution in [3.8, 4) is 0 Å². The van der Waals surface area contributed by atoms with Crippen LogP contribution in [0.15, 0.2) is 0 Å². The van der Waals surface area contributed by atoms with Gasteiger partial charge in [0.25, 0.3) is 0 Å². The van der Waals surface area contributed by atoms with Crippen LogP contribution in [0.2, 0.25) is 0 Å². The van der Waals surface area contributed by atoms with Gasteiger partial charge in [0.1, 0.15) is 15.9 Å². The largest absolute Gasteiger partial charge is 0.480 e. The number of carbonyl (C=O) groups excluding carboxylic acids is 1. The summed E-state index contributed by atoms with van der Waals surface area (Å²) in [6.07, 6.45) is 0.927. The number of carboxylic acid groups (broad SMARTS) is 1. The van der Waals surface area contributed by atoms with Gasteiger partial charge in [0.15, 0.2) is 0 Å². The minimum Gasteiger partial charge on any atom is -0.480 e. The number of nitrogens with one attached hydrogen (secondary N) is 1. The van der Waals surface area contributed by atoms with Crippen LogP contribution in [0.4, 0.5) is 0 Å². The van der Waals surface area contributed by atoms with Crippen LogP contribution >= 0.6 is 0 Å². The average Bonchev–Trinajstić information content (AvgIpc) is 2.27. The Morgan fingerprint density at radius 3 is 2.21 bits per heavy atom. The lowest BCUT2D eigenvalue weighted by Crippen LogP contribution is -2.45. The van der Waals surface area contributed by atoms with E-state index in [2.05, 4.69) is 5.32 Å². The summed E-state index contributed by atoms with van der Waals surface area (Å²) in [5.41, 5.74) is 0. The molecule has 1 fully saturated rings. The highest BCUT2D eigenvalue weighted by Gasteiger charge is 2.31. The van der Waals surface area contributed by atoms with Gasteiger partial charge in [-0.1, -0.05) is 13.8 Å². The maximum absolute atomic E-state index is 11.9. The van der Waals surface area contributed by atoms with Crippen molar-refractivity contribution in [2.75, 3.05) is 11.5 Å². The molecule has 0 spiro atoms. The second-order valence-corrected chi connectivity index (χ2v) is 7.76. The van der Waals surface area contributed by atoms with E-state index in [-0.39, 0.29) is 36.2 Å². The van der Waals surface area contributed by atoms with Crippen molar-refractivity contribution >= 4 is 21.7 Å². The van der Waals surface area contributed by atoms with Crippen molar-refractivity contribution in [2.24, 2.45) is 11.8 Å². The van der Waals surface area contributed by atoms with E-state index >= 15 is 0 Å². The third kappa shape index (κ3) is 5.18. The molecule has 0 aromatic rings. The molecule has 1 atom stereocenters. The Morgan fingerprint density at radius 1 is 1.26 bits per heavy atom. The van der Waals surface area contributed by atoms with Crippen LogP contribution in [0.5, 0.6) is 0 Å². The van der Waals surface area contributed by atoms with Gasteiger partial charge in [0.2, 0.25) is 5.91 Å². The summed E-state index contributed by atoms with van der Waals surface area (Å²) in [6, 6.07) is -0.897. The summed E-state index contributed by atoms with van der Waals surface area (Å²) < 4.78 is 22.5. The Bertz CT molecular complexity index is 429. The average molecular weight is 291 g/mol. The molecule has 0 aliphatic carbocycles. The van der Waals surface area contributed by atoms with Gasteiger partial charge in [-0.15, -0.1) is 0 Å². The molecule has 19 heavy (non-hydrogen) atoms. The molecule has 1 aliphatic heterocycles. The number of hydrogen-bond donors (Lipinski definition) is 2. The molecule has 1 aliphatic rings. The van der Waals surface area contributed by atoms with Crippen LogP contribution in [-0.2, 0) is 19.4 Å². The first-order valence-electron chi connectivity index (χ1n) is 6.45. The molecule has 0 radical (unpaired) electrons. The predicted molar refractivity (Wildman–Crippen MR) is 70.4 cm³/mol. The minimum atomic E-state index is -3.01. The standard InChI is InChI=1S/C12H21NO5S/c1-8(2)7-10(12(15)16)13-11(14)9-3-5-19(17,18)6-4-9/h8-10H,3-7H2,1-2H3,(H,13,14)(H,15,16). The lowest BCUT2D eigenvalue weighted by molar-refractivity contribution is -0.143. The molecule has 6 nitrogen and oxygen atoms in total. The van der Waals surface area contributed by atoms with E-state index in [1.54, 1.807) is 0 Å². The van der Waals surface area contributed by atoms with E-state index in [4.69, 9.17) is 5.11 Å². The fourth-order valence-corrected chi connectivity index (χ4v) is 3.63. The van der Waals surface area contributed by atoms with Crippen LogP contribution in [0.1, 0.15) is 33.1 Å². The van der Waals surface area contributed by atoms with Gasteiger partial charge in [-0.2, -0.15) is 0 Å². The monoisotopic (exact) mass is 291 g/mol. The molecular formula is C12H21NO5S. The third-order valence-corrected chi connectivity index (χ3v) is 4.96. The van der Waals surface area contributed by atoms with E-state index in [0.29, 0.717) is 6.42 Å². The van der Waals surface area contributed by atoms with E-state index in [9.17, 15) is 18.0 Å². The van der Waals surface area contributed by atoms with Gasteiger partial charge in [0.05, 0.1) is 11.5 Å². The van der Waals surface area contributed by atoms with Crippen LogP contribution in [-0.4, -0.2) is 42.9 Å². The molecule has 0 saturated carbocycles. The van der Waals surface area contributed by atoms with Crippen molar-refractivity contribution in [3.05, 3.63) is 0 Å². The van der Waals surface area contributed by atoms with Gasteiger partial charge in [-0.25, -0.2) is 13.2 Å². The number of rotatable bonds is 5. The van der Waals surface area contributed by atoms with Gasteiger partial charge in [0, 0.05) is 5.92 Å². The maximum Gasteiger partial charge on any atom is 0.326 e.